The molecule has 5 heteroatoms. The van der Waals surface area contributed by atoms with E-state index in [1.165, 1.54) is 0 Å². The molecule has 0 heterocycles. The van der Waals surface area contributed by atoms with Crippen molar-refractivity contribution in [2.45, 2.75) is 64.3 Å². The summed E-state index contributed by atoms with van der Waals surface area (Å²) in [4.78, 5) is 0. The molecule has 0 aromatic carbocycles. The number of rotatable bonds is 5. The molecule has 1 atom stereocenters. The van der Waals surface area contributed by atoms with E-state index < -0.39 is 17.9 Å². The first-order chi connectivity index (χ1) is 8.70. The van der Waals surface area contributed by atoms with Gasteiger partial charge in [0.15, 0.2) is 6.10 Å². The lowest BCUT2D eigenvalue weighted by Crippen LogP contribution is -2.49. The molecule has 0 aromatic rings. The second-order valence-corrected chi connectivity index (χ2v) is 6.10. The molecule has 1 aliphatic carbocycles. The van der Waals surface area contributed by atoms with Crippen molar-refractivity contribution in [3.05, 3.63) is 0 Å². The number of hydrogen-bond donors (Lipinski definition) is 1. The number of halogens is 3. The molecule has 0 bridgehead atoms. The van der Waals surface area contributed by atoms with Crippen molar-refractivity contribution in [3.8, 4) is 0 Å². The molecule has 0 amide bonds. The molecule has 19 heavy (non-hydrogen) atoms. The fourth-order valence-corrected chi connectivity index (χ4v) is 2.93. The Balaban J connectivity index is 2.67. The largest absolute Gasteiger partial charge is 0.414 e. The van der Waals surface area contributed by atoms with E-state index in [1.54, 1.807) is 7.05 Å². The van der Waals surface area contributed by atoms with E-state index in [4.69, 9.17) is 4.74 Å². The van der Waals surface area contributed by atoms with Gasteiger partial charge in [0, 0.05) is 6.54 Å². The minimum absolute atomic E-state index is 0.484. The summed E-state index contributed by atoms with van der Waals surface area (Å²) in [7, 11) is 1.76. The molecule has 2 nitrogen and oxygen atoms in total. The lowest BCUT2D eigenvalue weighted by atomic mass is 9.74. The number of ether oxygens (including phenoxy) is 1. The Morgan fingerprint density at radius 2 is 1.74 bits per heavy atom. The lowest BCUT2D eigenvalue weighted by molar-refractivity contribution is -0.252. The molecule has 1 fully saturated rings. The molecule has 0 aromatic heterocycles. The monoisotopic (exact) mass is 281 g/mol. The standard InChI is InChI=1S/C14H26F3NO/c1-10(2)12-5-7-13(8-6-12,9-18-4)19-11(3)14(15,16)17/h10-12,18H,5-9H2,1-4H3. The first-order valence-corrected chi connectivity index (χ1v) is 7.09. The Kier molecular flexibility index (Phi) is 5.68. The van der Waals surface area contributed by atoms with Gasteiger partial charge in [-0.25, -0.2) is 0 Å². The summed E-state index contributed by atoms with van der Waals surface area (Å²) >= 11 is 0. The van der Waals surface area contributed by atoms with Crippen molar-refractivity contribution in [2.75, 3.05) is 13.6 Å². The summed E-state index contributed by atoms with van der Waals surface area (Å²) in [6.07, 6.45) is -2.67. The molecule has 0 spiro atoms. The highest BCUT2D eigenvalue weighted by molar-refractivity contribution is 4.91. The number of hydrogen-bond acceptors (Lipinski definition) is 2. The van der Waals surface area contributed by atoms with Gasteiger partial charge in [0.05, 0.1) is 5.60 Å². The zero-order chi connectivity index (χ0) is 14.7. The van der Waals surface area contributed by atoms with Crippen molar-refractivity contribution < 1.29 is 17.9 Å². The van der Waals surface area contributed by atoms with Crippen LogP contribution in [0.3, 0.4) is 0 Å². The smallest absolute Gasteiger partial charge is 0.361 e. The van der Waals surface area contributed by atoms with Crippen LogP contribution in [0.15, 0.2) is 0 Å². The van der Waals surface area contributed by atoms with Crippen molar-refractivity contribution in [2.24, 2.45) is 11.8 Å². The molecule has 114 valence electrons. The van der Waals surface area contributed by atoms with E-state index in [0.717, 1.165) is 19.8 Å². The number of nitrogens with one attached hydrogen (secondary N) is 1. The molecule has 0 saturated heterocycles. The minimum Gasteiger partial charge on any atom is -0.361 e. The Hall–Kier alpha value is -0.290. The van der Waals surface area contributed by atoms with Gasteiger partial charge in [-0.05, 0) is 51.5 Å². The zero-order valence-corrected chi connectivity index (χ0v) is 12.3. The summed E-state index contributed by atoms with van der Waals surface area (Å²) in [6.45, 7) is 5.94. The Labute approximate surface area is 114 Å². The van der Waals surface area contributed by atoms with Crippen LogP contribution in [0, 0.1) is 11.8 Å². The minimum atomic E-state index is -4.28. The van der Waals surface area contributed by atoms with Gasteiger partial charge in [-0.3, -0.25) is 0 Å². The van der Waals surface area contributed by atoms with E-state index in [1.807, 2.05) is 0 Å². The highest BCUT2D eigenvalue weighted by atomic mass is 19.4. The molecular weight excluding hydrogens is 255 g/mol. The SMILES string of the molecule is CNCC1(OC(C)C(F)(F)F)CCC(C(C)C)CC1. The van der Waals surface area contributed by atoms with E-state index in [-0.39, 0.29) is 0 Å². The molecule has 1 rings (SSSR count). The normalized spacial score (nSPS) is 30.6. The van der Waals surface area contributed by atoms with Crippen molar-refractivity contribution in [3.63, 3.8) is 0 Å². The van der Waals surface area contributed by atoms with Crippen LogP contribution in [0.2, 0.25) is 0 Å². The molecule has 1 unspecified atom stereocenters. The van der Waals surface area contributed by atoms with E-state index in [9.17, 15) is 13.2 Å². The van der Waals surface area contributed by atoms with Gasteiger partial charge >= 0.3 is 6.18 Å². The molecular formula is C14H26F3NO. The average molecular weight is 281 g/mol. The fourth-order valence-electron chi connectivity index (χ4n) is 2.93. The second-order valence-electron chi connectivity index (χ2n) is 6.10. The second kappa shape index (κ2) is 6.44. The maximum absolute atomic E-state index is 12.7. The maximum Gasteiger partial charge on any atom is 0.414 e. The number of likely N-dealkylation sites (N-methyl/N-ethyl adjacent to an activating group) is 1. The Bertz CT molecular complexity index is 270. The fraction of sp³-hybridized carbons (Fsp3) is 1.00. The molecule has 0 radical (unpaired) electrons. The van der Waals surface area contributed by atoms with E-state index in [2.05, 4.69) is 19.2 Å². The quantitative estimate of drug-likeness (QED) is 0.828. The van der Waals surface area contributed by atoms with Crippen molar-refractivity contribution >= 4 is 0 Å². The summed E-state index contributed by atoms with van der Waals surface area (Å²) in [5.74, 6) is 1.20. The van der Waals surface area contributed by atoms with Crippen LogP contribution in [-0.2, 0) is 4.74 Å². The zero-order valence-electron chi connectivity index (χ0n) is 12.3. The van der Waals surface area contributed by atoms with E-state index in [0.29, 0.717) is 31.2 Å². The van der Waals surface area contributed by atoms with Crippen LogP contribution in [0.5, 0.6) is 0 Å². The van der Waals surface area contributed by atoms with Crippen molar-refractivity contribution in [1.29, 1.82) is 0 Å². The summed E-state index contributed by atoms with van der Waals surface area (Å²) in [6, 6.07) is 0. The average Bonchev–Trinajstić information content (AvgIpc) is 2.28. The van der Waals surface area contributed by atoms with Gasteiger partial charge < -0.3 is 10.1 Å². The van der Waals surface area contributed by atoms with Crippen molar-refractivity contribution in [1.82, 2.24) is 5.32 Å². The van der Waals surface area contributed by atoms with Gasteiger partial charge in [0.2, 0.25) is 0 Å². The van der Waals surface area contributed by atoms with Gasteiger partial charge in [0.25, 0.3) is 0 Å². The Morgan fingerprint density at radius 1 is 1.21 bits per heavy atom. The van der Waals surface area contributed by atoms with Crippen LogP contribution in [0.1, 0.15) is 46.5 Å². The van der Waals surface area contributed by atoms with Gasteiger partial charge in [0.1, 0.15) is 0 Å². The highest BCUT2D eigenvalue weighted by Gasteiger charge is 2.44. The van der Waals surface area contributed by atoms with Crippen LogP contribution >= 0.6 is 0 Å². The van der Waals surface area contributed by atoms with Gasteiger partial charge in [-0.1, -0.05) is 13.8 Å². The molecule has 1 aliphatic rings. The first kappa shape index (κ1) is 16.8. The van der Waals surface area contributed by atoms with Crippen LogP contribution in [-0.4, -0.2) is 31.5 Å². The van der Waals surface area contributed by atoms with Gasteiger partial charge in [-0.2, -0.15) is 13.2 Å². The van der Waals surface area contributed by atoms with E-state index >= 15 is 0 Å². The van der Waals surface area contributed by atoms with Crippen LogP contribution < -0.4 is 5.32 Å². The predicted molar refractivity (Wildman–Crippen MR) is 70.1 cm³/mol. The topological polar surface area (TPSA) is 21.3 Å². The maximum atomic E-state index is 12.7. The first-order valence-electron chi connectivity index (χ1n) is 7.09. The van der Waals surface area contributed by atoms with Crippen LogP contribution in [0.25, 0.3) is 0 Å². The summed E-state index contributed by atoms with van der Waals surface area (Å²) in [5.41, 5.74) is -0.658. The third-order valence-electron chi connectivity index (χ3n) is 4.27. The summed E-state index contributed by atoms with van der Waals surface area (Å²) < 4.78 is 43.4. The summed E-state index contributed by atoms with van der Waals surface area (Å²) in [5, 5.41) is 2.99. The highest BCUT2D eigenvalue weighted by Crippen LogP contribution is 2.40. The Morgan fingerprint density at radius 3 is 2.11 bits per heavy atom. The number of alkyl halides is 3. The van der Waals surface area contributed by atoms with Crippen LogP contribution in [0.4, 0.5) is 13.2 Å². The third-order valence-corrected chi connectivity index (χ3v) is 4.27. The predicted octanol–water partition coefficient (Wildman–Crippen LogP) is 3.76. The van der Waals surface area contributed by atoms with Gasteiger partial charge in [-0.15, -0.1) is 0 Å². The third kappa shape index (κ3) is 4.63. The molecule has 0 aliphatic heterocycles. The molecule has 1 saturated carbocycles. The molecule has 1 N–H and O–H groups in total. The lowest BCUT2D eigenvalue weighted by Gasteiger charge is -2.43.